The molecule has 1 saturated heterocycles. The molecule has 3 heterocycles. The van der Waals surface area contributed by atoms with Crippen LogP contribution in [0.5, 0.6) is 5.75 Å². The Morgan fingerprint density at radius 1 is 1.09 bits per heavy atom. The summed E-state index contributed by atoms with van der Waals surface area (Å²) in [5.74, 6) is -3.61. The molecule has 5 aliphatic rings. The minimum absolute atomic E-state index is 0.00708. The summed E-state index contributed by atoms with van der Waals surface area (Å²) in [6.45, 7) is 0.330. The fourth-order valence-electron chi connectivity index (χ4n) is 8.06. The largest absolute Gasteiger partial charge is 0.496 e. The number of halogens is 2. The van der Waals surface area contributed by atoms with Gasteiger partial charge in [0.1, 0.15) is 5.75 Å². The fraction of sp³-hybridized carbons (Fsp3) is 0.529. The van der Waals surface area contributed by atoms with E-state index in [4.69, 9.17) is 4.74 Å². The molecule has 3 aliphatic carbocycles. The monoisotopic (exact) mass is 654 g/mol. The molecule has 2 aromatic rings. The third kappa shape index (κ3) is 5.17. The third-order valence-electron chi connectivity index (χ3n) is 10.5. The van der Waals surface area contributed by atoms with Crippen LogP contribution in [-0.2, 0) is 26.3 Å². The zero-order valence-electron chi connectivity index (χ0n) is 26.4. The molecular formula is C34H40F2N4O5S. The van der Waals surface area contributed by atoms with Gasteiger partial charge in [-0.1, -0.05) is 37.5 Å². The van der Waals surface area contributed by atoms with Crippen molar-refractivity contribution in [1.82, 2.24) is 18.5 Å². The molecule has 0 spiro atoms. The van der Waals surface area contributed by atoms with Crippen molar-refractivity contribution in [2.24, 2.45) is 5.92 Å². The highest BCUT2D eigenvalue weighted by atomic mass is 32.2. The molecule has 246 valence electrons. The lowest BCUT2D eigenvalue weighted by Crippen LogP contribution is -2.46. The van der Waals surface area contributed by atoms with E-state index in [1.54, 1.807) is 12.0 Å². The maximum Gasteiger partial charge on any atom is 0.303 e. The summed E-state index contributed by atoms with van der Waals surface area (Å²) >= 11 is 0. The molecule has 2 amide bonds. The Kier molecular flexibility index (Phi) is 7.66. The Labute approximate surface area is 268 Å². The van der Waals surface area contributed by atoms with E-state index in [0.29, 0.717) is 35.8 Å². The normalized spacial score (nSPS) is 24.4. The van der Waals surface area contributed by atoms with Gasteiger partial charge in [-0.15, -0.1) is 0 Å². The van der Waals surface area contributed by atoms with Crippen molar-refractivity contribution in [3.05, 3.63) is 63.9 Å². The first-order chi connectivity index (χ1) is 21.9. The molecule has 1 saturated carbocycles. The predicted octanol–water partition coefficient (Wildman–Crippen LogP) is 5.16. The molecule has 0 radical (unpaired) electrons. The highest BCUT2D eigenvalue weighted by Gasteiger charge is 2.49. The van der Waals surface area contributed by atoms with Crippen LogP contribution in [0.4, 0.5) is 8.78 Å². The van der Waals surface area contributed by atoms with Gasteiger partial charge >= 0.3 is 10.2 Å². The average Bonchev–Trinajstić information content (AvgIpc) is 3.66. The number of likely N-dealkylation sites (tertiary alicyclic amines) is 1. The Morgan fingerprint density at radius 3 is 2.48 bits per heavy atom. The molecule has 46 heavy (non-hydrogen) atoms. The van der Waals surface area contributed by atoms with Crippen LogP contribution in [0, 0.1) is 5.92 Å². The van der Waals surface area contributed by atoms with E-state index >= 15 is 0 Å². The van der Waals surface area contributed by atoms with Crippen LogP contribution in [-0.4, -0.2) is 74.2 Å². The summed E-state index contributed by atoms with van der Waals surface area (Å²) in [7, 11) is 0.311. The average molecular weight is 655 g/mol. The molecule has 0 bridgehead atoms. The van der Waals surface area contributed by atoms with E-state index in [1.807, 2.05) is 18.2 Å². The van der Waals surface area contributed by atoms with E-state index in [1.165, 1.54) is 26.1 Å². The lowest BCUT2D eigenvalue weighted by atomic mass is 9.75. The summed E-state index contributed by atoms with van der Waals surface area (Å²) in [6, 6.07) is 6.25. The quantitative estimate of drug-likeness (QED) is 0.464. The Hall–Kier alpha value is -3.51. The smallest absolute Gasteiger partial charge is 0.303 e. The SMILES string of the molecule is COc1ccc(C2CCCCC2)c2c1cc1n2CC2=C(C(=O)NS(=O)(=O)N(C)C)C2=C2C=CC[C@@H](C(=O)N3CCC(F)(F)CC3)C21. The molecular weight excluding hydrogens is 614 g/mol. The number of benzene rings is 1. The first-order valence-corrected chi connectivity index (χ1v) is 17.6. The van der Waals surface area contributed by atoms with E-state index < -0.39 is 33.9 Å². The number of nitrogens with zero attached hydrogens (tertiary/aromatic N) is 3. The standard InChI is InChI=1S/C34H40F2N4O5S/c1-38(2)46(43,44)37-32(41)30-25-19-40-26(18-24-27(45-3)13-12-21(31(24)40)20-8-5-4-6-9-20)28-22(29(25)30)10-7-11-23(28)33(42)39-16-14-34(35,36)15-17-39/h7,10,12-13,18,20,23,28H,4-6,8-9,11,14-17,19H2,1-3H3,(H,37,41)/t23-,28?/m1/s1. The molecule has 7 rings (SSSR count). The van der Waals surface area contributed by atoms with Crippen LogP contribution >= 0.6 is 0 Å². The number of allylic oxidation sites excluding steroid dienone is 4. The first kappa shape index (κ1) is 31.1. The Morgan fingerprint density at radius 2 is 1.80 bits per heavy atom. The van der Waals surface area contributed by atoms with Gasteiger partial charge in [0.15, 0.2) is 0 Å². The van der Waals surface area contributed by atoms with Crippen LogP contribution in [0.15, 0.2) is 52.6 Å². The molecule has 2 aliphatic heterocycles. The Bertz CT molecular complexity index is 1820. The van der Waals surface area contributed by atoms with Gasteiger partial charge < -0.3 is 14.2 Å². The second kappa shape index (κ2) is 11.3. The number of nitrogens with one attached hydrogen (secondary N) is 1. The van der Waals surface area contributed by atoms with Crippen molar-refractivity contribution in [3.8, 4) is 5.75 Å². The highest BCUT2D eigenvalue weighted by Crippen LogP contribution is 2.55. The van der Waals surface area contributed by atoms with Crippen molar-refractivity contribution >= 4 is 32.9 Å². The number of hydrogen-bond acceptors (Lipinski definition) is 5. The zero-order valence-corrected chi connectivity index (χ0v) is 27.3. The van der Waals surface area contributed by atoms with Crippen molar-refractivity contribution in [3.63, 3.8) is 0 Å². The van der Waals surface area contributed by atoms with Gasteiger partial charge in [0, 0.05) is 63.6 Å². The van der Waals surface area contributed by atoms with Crippen LogP contribution in [0.2, 0.25) is 0 Å². The highest BCUT2D eigenvalue weighted by molar-refractivity contribution is 7.87. The molecule has 1 N–H and O–H groups in total. The maximum atomic E-state index is 14.2. The van der Waals surface area contributed by atoms with Gasteiger partial charge in [-0.05, 0) is 59.6 Å². The van der Waals surface area contributed by atoms with Crippen molar-refractivity contribution in [1.29, 1.82) is 0 Å². The Balaban J connectivity index is 1.39. The van der Waals surface area contributed by atoms with Crippen molar-refractivity contribution in [2.75, 3.05) is 34.3 Å². The number of amides is 2. The van der Waals surface area contributed by atoms with E-state index in [2.05, 4.69) is 21.4 Å². The van der Waals surface area contributed by atoms with Gasteiger partial charge in [-0.2, -0.15) is 12.7 Å². The molecule has 1 aromatic heterocycles. The van der Waals surface area contributed by atoms with Crippen molar-refractivity contribution < 1.29 is 31.5 Å². The molecule has 12 heteroatoms. The fourth-order valence-corrected chi connectivity index (χ4v) is 8.58. The van der Waals surface area contributed by atoms with Crippen LogP contribution in [0.25, 0.3) is 10.9 Å². The number of alkyl halides is 2. The topological polar surface area (TPSA) is 101 Å². The van der Waals surface area contributed by atoms with Gasteiger partial charge in [0.05, 0.1) is 24.1 Å². The number of ether oxygens (including phenoxy) is 1. The minimum Gasteiger partial charge on any atom is -0.496 e. The van der Waals surface area contributed by atoms with Crippen LogP contribution in [0.3, 0.4) is 0 Å². The van der Waals surface area contributed by atoms with Crippen molar-refractivity contribution in [2.45, 2.75) is 75.7 Å². The minimum atomic E-state index is -4.03. The zero-order chi connectivity index (χ0) is 32.5. The summed E-state index contributed by atoms with van der Waals surface area (Å²) in [6.07, 6.45) is 9.21. The molecule has 1 aromatic carbocycles. The van der Waals surface area contributed by atoms with E-state index in [-0.39, 0.29) is 31.8 Å². The van der Waals surface area contributed by atoms with Crippen LogP contribution in [0.1, 0.15) is 74.5 Å². The van der Waals surface area contributed by atoms with E-state index in [9.17, 15) is 26.8 Å². The number of rotatable bonds is 6. The van der Waals surface area contributed by atoms with Gasteiger partial charge in [-0.3, -0.25) is 9.59 Å². The molecule has 1 unspecified atom stereocenters. The van der Waals surface area contributed by atoms with Crippen LogP contribution < -0.4 is 9.46 Å². The van der Waals surface area contributed by atoms with Gasteiger partial charge in [0.2, 0.25) is 5.91 Å². The second-order valence-electron chi connectivity index (χ2n) is 13.4. The lowest BCUT2D eigenvalue weighted by molar-refractivity contribution is -0.142. The number of fused-ring (bicyclic) bond motifs is 6. The summed E-state index contributed by atoms with van der Waals surface area (Å²) in [4.78, 5) is 29.3. The summed E-state index contributed by atoms with van der Waals surface area (Å²) < 4.78 is 64.6. The first-order valence-electron chi connectivity index (χ1n) is 16.2. The predicted molar refractivity (Wildman–Crippen MR) is 170 cm³/mol. The number of piperidine rings is 1. The molecule has 2 atom stereocenters. The number of carbonyl (C=O) groups excluding carboxylic acids is 2. The summed E-state index contributed by atoms with van der Waals surface area (Å²) in [5, 5.41) is 0.934. The second-order valence-corrected chi connectivity index (χ2v) is 15.3. The maximum absolute atomic E-state index is 14.2. The number of hydrogen-bond donors (Lipinski definition) is 1. The number of methoxy groups -OCH3 is 1. The van der Waals surface area contributed by atoms with E-state index in [0.717, 1.165) is 57.7 Å². The third-order valence-corrected chi connectivity index (χ3v) is 11.9. The van der Waals surface area contributed by atoms with Gasteiger partial charge in [0.25, 0.3) is 11.8 Å². The van der Waals surface area contributed by atoms with Gasteiger partial charge in [-0.25, -0.2) is 13.5 Å². The number of aromatic nitrogens is 1. The summed E-state index contributed by atoms with van der Waals surface area (Å²) in [5.41, 5.74) is 5.70. The lowest BCUT2D eigenvalue weighted by Gasteiger charge is -2.37. The molecule has 9 nitrogen and oxygen atoms in total. The molecule has 2 fully saturated rings. The number of carbonyl (C=O) groups is 2.